The van der Waals surface area contributed by atoms with E-state index in [-0.39, 0.29) is 0 Å². The topological polar surface area (TPSA) is 40.6 Å². The Kier molecular flexibility index (Phi) is 6.85. The van der Waals surface area contributed by atoms with Crippen LogP contribution in [0, 0.1) is 0 Å². The summed E-state index contributed by atoms with van der Waals surface area (Å²) in [5.74, 6) is 0. The third kappa shape index (κ3) is 4.33. The summed E-state index contributed by atoms with van der Waals surface area (Å²) in [5.41, 5.74) is 1.03. The van der Waals surface area contributed by atoms with Crippen molar-refractivity contribution in [2.45, 2.75) is 44.4 Å². The Morgan fingerprint density at radius 1 is 0.840 bits per heavy atom. The second-order valence-corrected chi connectivity index (χ2v) is 8.54. The third-order valence-electron chi connectivity index (χ3n) is 4.48. The maximum absolute atomic E-state index is 13.4. The average Bonchev–Trinajstić information content (AvgIpc) is 2.60. The quantitative estimate of drug-likeness (QED) is 0.659. The Balaban J connectivity index is 2.55. The van der Waals surface area contributed by atoms with Crippen LogP contribution in [0.25, 0.3) is 10.8 Å². The summed E-state index contributed by atoms with van der Waals surface area (Å²) in [6, 6.07) is 11.4. The van der Waals surface area contributed by atoms with Gasteiger partial charge < -0.3 is 4.90 Å². The number of sulfonamides is 1. The van der Waals surface area contributed by atoms with Crippen LogP contribution in [-0.4, -0.2) is 39.9 Å². The van der Waals surface area contributed by atoms with Gasteiger partial charge in [-0.25, -0.2) is 8.42 Å². The molecule has 0 bridgehead atoms. The smallest absolute Gasteiger partial charge is 0.243 e. The van der Waals surface area contributed by atoms with Gasteiger partial charge in [0, 0.05) is 43.6 Å². The molecular formula is C20H30N2O2S. The fourth-order valence-electron chi connectivity index (χ4n) is 3.04. The third-order valence-corrected chi connectivity index (χ3v) is 6.44. The van der Waals surface area contributed by atoms with E-state index in [0.29, 0.717) is 18.0 Å². The van der Waals surface area contributed by atoms with E-state index in [1.54, 1.807) is 10.4 Å². The first-order valence-electron chi connectivity index (χ1n) is 9.12. The van der Waals surface area contributed by atoms with Crippen molar-refractivity contribution in [1.82, 2.24) is 4.31 Å². The molecule has 2 rings (SSSR count). The van der Waals surface area contributed by atoms with Crippen molar-refractivity contribution in [2.75, 3.05) is 32.1 Å². The molecule has 0 aliphatic heterocycles. The highest BCUT2D eigenvalue weighted by Gasteiger charge is 2.25. The standard InChI is InChI=1S/C20H30N2O2S/c1-5-7-15-22(16-8-6-2)25(23,24)20-14-10-11-17-18(20)12-9-13-19(17)21(3)4/h9-14H,5-8,15-16H2,1-4H3. The van der Waals surface area contributed by atoms with Gasteiger partial charge in [-0.3, -0.25) is 0 Å². The average molecular weight is 363 g/mol. The van der Waals surface area contributed by atoms with Crippen LogP contribution in [0.5, 0.6) is 0 Å². The van der Waals surface area contributed by atoms with Crippen LogP contribution in [-0.2, 0) is 10.0 Å². The molecule has 25 heavy (non-hydrogen) atoms. The summed E-state index contributed by atoms with van der Waals surface area (Å²) in [7, 11) is 0.454. The predicted molar refractivity (Wildman–Crippen MR) is 107 cm³/mol. The van der Waals surface area contributed by atoms with E-state index in [0.717, 1.165) is 42.1 Å². The second kappa shape index (κ2) is 8.68. The van der Waals surface area contributed by atoms with Gasteiger partial charge in [0.05, 0.1) is 4.90 Å². The lowest BCUT2D eigenvalue weighted by Gasteiger charge is -2.23. The number of benzene rings is 2. The highest BCUT2D eigenvalue weighted by Crippen LogP contribution is 2.31. The molecule has 0 heterocycles. The summed E-state index contributed by atoms with van der Waals surface area (Å²) in [6.07, 6.45) is 3.74. The molecule has 0 fully saturated rings. The van der Waals surface area contributed by atoms with Crippen molar-refractivity contribution in [3.05, 3.63) is 36.4 Å². The molecule has 0 spiro atoms. The van der Waals surface area contributed by atoms with Crippen LogP contribution in [0.15, 0.2) is 41.3 Å². The van der Waals surface area contributed by atoms with Crippen LogP contribution in [0.4, 0.5) is 5.69 Å². The zero-order chi connectivity index (χ0) is 18.4. The molecule has 0 aliphatic rings. The minimum absolute atomic E-state index is 0.418. The molecule has 5 heteroatoms. The van der Waals surface area contributed by atoms with Crippen molar-refractivity contribution < 1.29 is 8.42 Å². The predicted octanol–water partition coefficient (Wildman–Crippen LogP) is 4.50. The first-order valence-corrected chi connectivity index (χ1v) is 10.6. The molecule has 2 aromatic carbocycles. The number of hydrogen-bond donors (Lipinski definition) is 0. The highest BCUT2D eigenvalue weighted by atomic mass is 32.2. The molecule has 0 aliphatic carbocycles. The summed E-state index contributed by atoms with van der Waals surface area (Å²) < 4.78 is 28.4. The van der Waals surface area contributed by atoms with Crippen LogP contribution >= 0.6 is 0 Å². The molecule has 0 amide bonds. The Hall–Kier alpha value is -1.59. The molecule has 0 saturated carbocycles. The van der Waals surface area contributed by atoms with E-state index in [4.69, 9.17) is 0 Å². The molecule has 0 N–H and O–H groups in total. The molecule has 0 atom stereocenters. The van der Waals surface area contributed by atoms with Crippen molar-refractivity contribution in [3.63, 3.8) is 0 Å². The van der Waals surface area contributed by atoms with E-state index in [2.05, 4.69) is 13.8 Å². The monoisotopic (exact) mass is 362 g/mol. The van der Waals surface area contributed by atoms with E-state index in [1.165, 1.54) is 0 Å². The lowest BCUT2D eigenvalue weighted by atomic mass is 10.1. The van der Waals surface area contributed by atoms with Gasteiger partial charge >= 0.3 is 0 Å². The normalized spacial score (nSPS) is 12.0. The van der Waals surface area contributed by atoms with Crippen LogP contribution in [0.2, 0.25) is 0 Å². The summed E-state index contributed by atoms with van der Waals surface area (Å²) in [6.45, 7) is 5.35. The van der Waals surface area contributed by atoms with Gasteiger partial charge in [-0.1, -0.05) is 51.0 Å². The largest absolute Gasteiger partial charge is 0.377 e. The van der Waals surface area contributed by atoms with Gasteiger partial charge in [-0.15, -0.1) is 0 Å². The van der Waals surface area contributed by atoms with Gasteiger partial charge in [-0.05, 0) is 25.0 Å². The zero-order valence-corrected chi connectivity index (χ0v) is 16.6. The number of fused-ring (bicyclic) bond motifs is 1. The lowest BCUT2D eigenvalue weighted by molar-refractivity contribution is 0.395. The van der Waals surface area contributed by atoms with Gasteiger partial charge in [0.2, 0.25) is 10.0 Å². The number of unbranched alkanes of at least 4 members (excludes halogenated alkanes) is 2. The minimum Gasteiger partial charge on any atom is -0.377 e. The van der Waals surface area contributed by atoms with Crippen LogP contribution in [0.3, 0.4) is 0 Å². The van der Waals surface area contributed by atoms with Crippen molar-refractivity contribution in [3.8, 4) is 0 Å². The second-order valence-electron chi connectivity index (χ2n) is 6.63. The summed E-state index contributed by atoms with van der Waals surface area (Å²) in [5, 5.41) is 1.77. The van der Waals surface area contributed by atoms with E-state index in [1.807, 2.05) is 49.3 Å². The van der Waals surface area contributed by atoms with Gasteiger partial charge in [0.25, 0.3) is 0 Å². The maximum Gasteiger partial charge on any atom is 0.243 e. The molecular weight excluding hydrogens is 332 g/mol. The fraction of sp³-hybridized carbons (Fsp3) is 0.500. The van der Waals surface area contributed by atoms with Crippen molar-refractivity contribution in [1.29, 1.82) is 0 Å². The number of nitrogens with zero attached hydrogens (tertiary/aromatic N) is 2. The summed E-state index contributed by atoms with van der Waals surface area (Å²) in [4.78, 5) is 2.44. The Bertz CT molecular complexity index is 792. The molecule has 2 aromatic rings. The highest BCUT2D eigenvalue weighted by molar-refractivity contribution is 7.89. The fourth-order valence-corrected chi connectivity index (χ4v) is 4.76. The Labute approximate surface area is 152 Å². The van der Waals surface area contributed by atoms with Crippen LogP contribution < -0.4 is 4.90 Å². The molecule has 0 unspecified atom stereocenters. The van der Waals surface area contributed by atoms with E-state index in [9.17, 15) is 8.42 Å². The first-order chi connectivity index (χ1) is 11.9. The number of rotatable bonds is 9. The Morgan fingerprint density at radius 3 is 1.96 bits per heavy atom. The molecule has 0 saturated heterocycles. The lowest BCUT2D eigenvalue weighted by Crippen LogP contribution is -2.33. The first kappa shape index (κ1) is 19.7. The maximum atomic E-state index is 13.4. The Morgan fingerprint density at radius 2 is 1.40 bits per heavy atom. The zero-order valence-electron chi connectivity index (χ0n) is 15.8. The minimum atomic E-state index is -3.50. The van der Waals surface area contributed by atoms with Gasteiger partial charge in [0.1, 0.15) is 0 Å². The van der Waals surface area contributed by atoms with Crippen molar-refractivity contribution >= 4 is 26.5 Å². The molecule has 138 valence electrons. The summed E-state index contributed by atoms with van der Waals surface area (Å²) >= 11 is 0. The molecule has 0 aromatic heterocycles. The van der Waals surface area contributed by atoms with E-state index < -0.39 is 10.0 Å². The molecule has 0 radical (unpaired) electrons. The van der Waals surface area contributed by atoms with Crippen molar-refractivity contribution in [2.24, 2.45) is 0 Å². The number of anilines is 1. The SMILES string of the molecule is CCCCN(CCCC)S(=O)(=O)c1cccc2c(N(C)C)cccc12. The van der Waals surface area contributed by atoms with Gasteiger partial charge in [0.15, 0.2) is 0 Å². The van der Waals surface area contributed by atoms with Crippen LogP contribution in [0.1, 0.15) is 39.5 Å². The molecule has 4 nitrogen and oxygen atoms in total. The van der Waals surface area contributed by atoms with E-state index >= 15 is 0 Å². The van der Waals surface area contributed by atoms with Gasteiger partial charge in [-0.2, -0.15) is 4.31 Å². The number of hydrogen-bond acceptors (Lipinski definition) is 3.